The van der Waals surface area contributed by atoms with Crippen LogP contribution < -0.4 is 0 Å². The van der Waals surface area contributed by atoms with E-state index in [-0.39, 0.29) is 10.8 Å². The van der Waals surface area contributed by atoms with Gasteiger partial charge in [0.1, 0.15) is 11.4 Å². The molecule has 0 saturated heterocycles. The molecule has 0 atom stereocenters. The van der Waals surface area contributed by atoms with Crippen molar-refractivity contribution in [1.82, 2.24) is 0 Å². The Labute approximate surface area is 108 Å². The predicted molar refractivity (Wildman–Crippen MR) is 74.8 cm³/mol. The molecule has 0 radical (unpaired) electrons. The zero-order chi connectivity index (χ0) is 14.1. The van der Waals surface area contributed by atoms with E-state index >= 15 is 0 Å². The summed E-state index contributed by atoms with van der Waals surface area (Å²) in [6, 6.07) is 3.37. The van der Waals surface area contributed by atoms with Crippen molar-refractivity contribution in [3.63, 3.8) is 0 Å². The quantitative estimate of drug-likeness (QED) is 0.685. The van der Waals surface area contributed by atoms with Gasteiger partial charge >= 0.3 is 0 Å². The second kappa shape index (κ2) is 4.59. The Hall–Kier alpha value is -1.58. The van der Waals surface area contributed by atoms with Gasteiger partial charge in [0.15, 0.2) is 0 Å². The highest BCUT2D eigenvalue weighted by atomic mass is 16.3. The van der Waals surface area contributed by atoms with Gasteiger partial charge in [0.05, 0.1) is 0 Å². The molecule has 0 fully saturated rings. The molecule has 0 unspecified atom stereocenters. The molecule has 0 amide bonds. The van der Waals surface area contributed by atoms with Crippen LogP contribution in [0.1, 0.15) is 52.7 Å². The van der Waals surface area contributed by atoms with Crippen molar-refractivity contribution >= 4 is 11.4 Å². The molecule has 4 heteroatoms. The molecular weight excluding hydrogens is 228 g/mol. The first-order chi connectivity index (χ1) is 8.11. The number of nitrogens with zero attached hydrogens (tertiary/aromatic N) is 2. The van der Waals surface area contributed by atoms with Gasteiger partial charge in [-0.2, -0.15) is 0 Å². The van der Waals surface area contributed by atoms with E-state index in [1.54, 1.807) is 12.1 Å². The maximum absolute atomic E-state index is 11.0. The minimum Gasteiger partial charge on any atom is -0.145 e. The molecule has 0 aliphatic carbocycles. The van der Waals surface area contributed by atoms with Crippen molar-refractivity contribution < 1.29 is 0 Å². The lowest BCUT2D eigenvalue weighted by molar-refractivity contribution is 0.579. The van der Waals surface area contributed by atoms with Gasteiger partial charge in [-0.15, -0.1) is 9.81 Å². The molecule has 0 aromatic heterocycles. The van der Waals surface area contributed by atoms with E-state index < -0.39 is 0 Å². The van der Waals surface area contributed by atoms with Crippen LogP contribution in [-0.2, 0) is 10.8 Å². The van der Waals surface area contributed by atoms with Gasteiger partial charge in [0.25, 0.3) is 0 Å². The first-order valence-electron chi connectivity index (χ1n) is 5.97. The van der Waals surface area contributed by atoms with E-state index in [1.165, 1.54) is 0 Å². The van der Waals surface area contributed by atoms with Crippen molar-refractivity contribution in [2.24, 2.45) is 10.4 Å². The summed E-state index contributed by atoms with van der Waals surface area (Å²) in [5.74, 6) is 0. The summed E-state index contributed by atoms with van der Waals surface area (Å²) < 4.78 is 0. The van der Waals surface area contributed by atoms with E-state index in [0.29, 0.717) is 11.4 Å². The maximum atomic E-state index is 11.0. The van der Waals surface area contributed by atoms with Crippen molar-refractivity contribution in [2.45, 2.75) is 52.4 Å². The van der Waals surface area contributed by atoms with Gasteiger partial charge in [-0.1, -0.05) is 41.5 Å². The molecule has 0 saturated carbocycles. The van der Waals surface area contributed by atoms with E-state index in [0.717, 1.165) is 11.1 Å². The predicted octanol–water partition coefficient (Wildman–Crippen LogP) is 5.08. The number of benzene rings is 1. The lowest BCUT2D eigenvalue weighted by Gasteiger charge is -2.25. The lowest BCUT2D eigenvalue weighted by Crippen LogP contribution is -2.15. The summed E-state index contributed by atoms with van der Waals surface area (Å²) >= 11 is 0. The normalized spacial score (nSPS) is 12.3. The Kier molecular flexibility index (Phi) is 3.70. The molecule has 0 spiro atoms. The van der Waals surface area contributed by atoms with Crippen molar-refractivity contribution in [1.29, 1.82) is 0 Å². The van der Waals surface area contributed by atoms with Gasteiger partial charge in [0, 0.05) is 0 Å². The van der Waals surface area contributed by atoms with Crippen molar-refractivity contribution in [3.05, 3.63) is 33.1 Å². The van der Waals surface area contributed by atoms with Gasteiger partial charge in [-0.3, -0.25) is 0 Å². The summed E-state index contributed by atoms with van der Waals surface area (Å²) in [6.07, 6.45) is 0. The number of rotatable bonds is 2. The molecule has 1 aromatic carbocycles. The first-order valence-corrected chi connectivity index (χ1v) is 5.97. The highest BCUT2D eigenvalue weighted by Gasteiger charge is 2.26. The third kappa shape index (κ3) is 2.81. The number of hydrogen-bond donors (Lipinski definition) is 0. The SMILES string of the molecule is CC(C)(C)c1cc(N=O)c(C(C)(C)C)cc1N=O. The van der Waals surface area contributed by atoms with Gasteiger partial charge in [-0.05, 0) is 44.4 Å². The zero-order valence-electron chi connectivity index (χ0n) is 11.9. The summed E-state index contributed by atoms with van der Waals surface area (Å²) in [6.45, 7) is 11.8. The minimum absolute atomic E-state index is 0.251. The fraction of sp³-hybridized carbons (Fsp3) is 0.571. The largest absolute Gasteiger partial charge is 0.145 e. The lowest BCUT2D eigenvalue weighted by atomic mass is 9.80. The highest BCUT2D eigenvalue weighted by molar-refractivity contribution is 5.63. The second-order valence-electron chi connectivity index (χ2n) is 6.57. The van der Waals surface area contributed by atoms with Crippen molar-refractivity contribution in [2.75, 3.05) is 0 Å². The van der Waals surface area contributed by atoms with E-state index in [1.807, 2.05) is 41.5 Å². The summed E-state index contributed by atoms with van der Waals surface area (Å²) in [7, 11) is 0. The Morgan fingerprint density at radius 2 is 1.00 bits per heavy atom. The third-order valence-electron chi connectivity index (χ3n) is 2.93. The molecule has 0 bridgehead atoms. The Morgan fingerprint density at radius 3 is 1.17 bits per heavy atom. The molecule has 0 aliphatic heterocycles. The highest BCUT2D eigenvalue weighted by Crippen LogP contribution is 2.41. The van der Waals surface area contributed by atoms with Gasteiger partial charge < -0.3 is 0 Å². The molecular formula is C14H20N2O2. The topological polar surface area (TPSA) is 58.9 Å². The summed E-state index contributed by atoms with van der Waals surface area (Å²) in [4.78, 5) is 22.0. The van der Waals surface area contributed by atoms with Crippen molar-refractivity contribution in [3.8, 4) is 0 Å². The molecule has 98 valence electrons. The van der Waals surface area contributed by atoms with E-state index in [4.69, 9.17) is 0 Å². The van der Waals surface area contributed by atoms with Crippen LogP contribution >= 0.6 is 0 Å². The van der Waals surface area contributed by atoms with Crippen LogP contribution in [0.5, 0.6) is 0 Å². The smallest absolute Gasteiger partial charge is 0.112 e. The van der Waals surface area contributed by atoms with Gasteiger partial charge in [-0.25, -0.2) is 0 Å². The molecule has 18 heavy (non-hydrogen) atoms. The molecule has 4 nitrogen and oxygen atoms in total. The Balaban J connectivity index is 3.63. The Bertz CT molecular complexity index is 434. The number of hydrogen-bond acceptors (Lipinski definition) is 4. The van der Waals surface area contributed by atoms with E-state index in [9.17, 15) is 9.81 Å². The van der Waals surface area contributed by atoms with Gasteiger partial charge in [0.2, 0.25) is 0 Å². The van der Waals surface area contributed by atoms with E-state index in [2.05, 4.69) is 10.4 Å². The fourth-order valence-electron chi connectivity index (χ4n) is 1.93. The first kappa shape index (κ1) is 14.5. The molecule has 0 N–H and O–H groups in total. The second-order valence-corrected chi connectivity index (χ2v) is 6.57. The van der Waals surface area contributed by atoms with Crippen LogP contribution in [0.15, 0.2) is 22.5 Å². The van der Waals surface area contributed by atoms with Crippen LogP contribution in [-0.4, -0.2) is 0 Å². The molecule has 1 rings (SSSR count). The van der Waals surface area contributed by atoms with Crippen LogP contribution in [0, 0.1) is 9.81 Å². The zero-order valence-corrected chi connectivity index (χ0v) is 11.9. The molecule has 0 heterocycles. The third-order valence-corrected chi connectivity index (χ3v) is 2.93. The fourth-order valence-corrected chi connectivity index (χ4v) is 1.93. The summed E-state index contributed by atoms with van der Waals surface area (Å²) in [5, 5.41) is 6.19. The van der Waals surface area contributed by atoms with Crippen LogP contribution in [0.3, 0.4) is 0 Å². The van der Waals surface area contributed by atoms with Crippen LogP contribution in [0.25, 0.3) is 0 Å². The molecule has 0 aliphatic rings. The maximum Gasteiger partial charge on any atom is 0.112 e. The monoisotopic (exact) mass is 248 g/mol. The average molecular weight is 248 g/mol. The molecule has 1 aromatic rings. The number of nitroso groups, excluding NO2 is 2. The summed E-state index contributed by atoms with van der Waals surface area (Å²) in [5.41, 5.74) is 1.78. The average Bonchev–Trinajstić information content (AvgIpc) is 2.24. The van der Waals surface area contributed by atoms with Crippen LogP contribution in [0.4, 0.5) is 11.4 Å². The Morgan fingerprint density at radius 1 is 0.722 bits per heavy atom. The van der Waals surface area contributed by atoms with Crippen LogP contribution in [0.2, 0.25) is 0 Å². The minimum atomic E-state index is -0.251. The standard InChI is InChI=1S/C14H20N2O2/c1-13(2,3)9-7-12(16-18)10(14(4,5)6)8-11(9)15-17/h7-8H,1-6H3.